The van der Waals surface area contributed by atoms with Gasteiger partial charge in [-0.25, -0.2) is 4.99 Å². The summed E-state index contributed by atoms with van der Waals surface area (Å²) >= 11 is 0. The van der Waals surface area contributed by atoms with Crippen molar-refractivity contribution in [1.29, 1.82) is 0 Å². The van der Waals surface area contributed by atoms with E-state index in [2.05, 4.69) is 16.9 Å². The van der Waals surface area contributed by atoms with Crippen LogP contribution in [0.5, 0.6) is 17.2 Å². The van der Waals surface area contributed by atoms with Gasteiger partial charge in [-0.3, -0.25) is 0 Å². The van der Waals surface area contributed by atoms with E-state index >= 15 is 0 Å². The SMILES string of the molecule is C=C(C)CNC(N)=NCc1cc(OC)c(O)c(OC)c1. The average Bonchev–Trinajstić information content (AvgIpc) is 2.43. The van der Waals surface area contributed by atoms with Gasteiger partial charge in [0.05, 0.1) is 20.8 Å². The number of nitrogens with zero attached hydrogens (tertiary/aromatic N) is 1. The minimum Gasteiger partial charge on any atom is -0.502 e. The first-order chi connectivity index (χ1) is 9.47. The minimum atomic E-state index is -0.0314. The maximum Gasteiger partial charge on any atom is 0.200 e. The van der Waals surface area contributed by atoms with Crippen LogP contribution < -0.4 is 20.5 Å². The second-order valence-electron chi connectivity index (χ2n) is 4.36. The number of phenols is 1. The molecule has 0 saturated heterocycles. The molecule has 0 aliphatic rings. The van der Waals surface area contributed by atoms with Gasteiger partial charge in [0, 0.05) is 6.54 Å². The van der Waals surface area contributed by atoms with Crippen molar-refractivity contribution in [3.05, 3.63) is 29.8 Å². The fourth-order valence-electron chi connectivity index (χ4n) is 1.51. The zero-order valence-electron chi connectivity index (χ0n) is 12.1. The molecule has 0 spiro atoms. The van der Waals surface area contributed by atoms with E-state index in [4.69, 9.17) is 15.2 Å². The molecule has 0 atom stereocenters. The van der Waals surface area contributed by atoms with Gasteiger partial charge in [0.15, 0.2) is 17.5 Å². The fraction of sp³-hybridized carbons (Fsp3) is 0.357. The summed E-state index contributed by atoms with van der Waals surface area (Å²) in [4.78, 5) is 4.20. The monoisotopic (exact) mass is 279 g/mol. The van der Waals surface area contributed by atoms with E-state index in [1.54, 1.807) is 12.1 Å². The number of nitrogens with two attached hydrogens (primary N) is 1. The van der Waals surface area contributed by atoms with Gasteiger partial charge < -0.3 is 25.6 Å². The lowest BCUT2D eigenvalue weighted by Gasteiger charge is -2.10. The Morgan fingerprint density at radius 3 is 2.35 bits per heavy atom. The molecule has 6 nitrogen and oxygen atoms in total. The number of aromatic hydroxyl groups is 1. The standard InChI is InChI=1S/C14H21N3O3/c1-9(2)7-16-14(15)17-8-10-5-11(19-3)13(18)12(6-10)20-4/h5-6,18H,1,7-8H2,2-4H3,(H3,15,16,17). The summed E-state index contributed by atoms with van der Waals surface area (Å²) in [5.74, 6) is 0.973. The molecule has 4 N–H and O–H groups in total. The smallest absolute Gasteiger partial charge is 0.200 e. The van der Waals surface area contributed by atoms with E-state index in [-0.39, 0.29) is 5.75 Å². The molecule has 0 aromatic heterocycles. The van der Waals surface area contributed by atoms with Crippen molar-refractivity contribution in [1.82, 2.24) is 5.32 Å². The molecule has 0 aliphatic heterocycles. The molecule has 110 valence electrons. The van der Waals surface area contributed by atoms with Gasteiger partial charge in [-0.15, -0.1) is 0 Å². The van der Waals surface area contributed by atoms with Gasteiger partial charge in [0.25, 0.3) is 0 Å². The quantitative estimate of drug-likeness (QED) is 0.416. The fourth-order valence-corrected chi connectivity index (χ4v) is 1.51. The molecule has 0 radical (unpaired) electrons. The maximum atomic E-state index is 9.80. The van der Waals surface area contributed by atoms with Crippen LogP contribution in [-0.4, -0.2) is 31.8 Å². The molecule has 0 bridgehead atoms. The number of rotatable bonds is 6. The molecule has 20 heavy (non-hydrogen) atoms. The topological polar surface area (TPSA) is 89.1 Å². The van der Waals surface area contributed by atoms with Gasteiger partial charge in [0.2, 0.25) is 5.75 Å². The number of ether oxygens (including phenoxy) is 2. The third kappa shape index (κ3) is 4.38. The zero-order chi connectivity index (χ0) is 15.1. The average molecular weight is 279 g/mol. The first kappa shape index (κ1) is 15.7. The Morgan fingerprint density at radius 1 is 1.35 bits per heavy atom. The zero-order valence-corrected chi connectivity index (χ0v) is 12.1. The lowest BCUT2D eigenvalue weighted by Crippen LogP contribution is -2.32. The van der Waals surface area contributed by atoms with Crippen molar-refractivity contribution in [3.8, 4) is 17.2 Å². The van der Waals surface area contributed by atoms with E-state index in [1.165, 1.54) is 14.2 Å². The Hall–Kier alpha value is -2.37. The lowest BCUT2D eigenvalue weighted by atomic mass is 10.2. The number of aliphatic imine (C=N–C) groups is 1. The first-order valence-electron chi connectivity index (χ1n) is 6.10. The summed E-state index contributed by atoms with van der Waals surface area (Å²) in [6.07, 6.45) is 0. The van der Waals surface area contributed by atoms with Crippen LogP contribution in [-0.2, 0) is 6.54 Å². The van der Waals surface area contributed by atoms with Gasteiger partial charge in [-0.1, -0.05) is 12.2 Å². The molecule has 1 aromatic rings. The highest BCUT2D eigenvalue weighted by atomic mass is 16.5. The molecule has 1 rings (SSSR count). The van der Waals surface area contributed by atoms with Crippen molar-refractivity contribution in [2.24, 2.45) is 10.7 Å². The van der Waals surface area contributed by atoms with Gasteiger partial charge in [-0.05, 0) is 24.6 Å². The molecule has 0 saturated carbocycles. The van der Waals surface area contributed by atoms with Crippen LogP contribution in [0.15, 0.2) is 29.3 Å². The molecule has 0 unspecified atom stereocenters. The molecular formula is C14H21N3O3. The predicted octanol–water partition coefficient (Wildman–Crippen LogP) is 1.39. The van der Waals surface area contributed by atoms with Crippen molar-refractivity contribution < 1.29 is 14.6 Å². The third-order valence-electron chi connectivity index (χ3n) is 2.54. The number of nitrogens with one attached hydrogen (secondary N) is 1. The number of methoxy groups -OCH3 is 2. The van der Waals surface area contributed by atoms with Crippen molar-refractivity contribution in [3.63, 3.8) is 0 Å². The molecular weight excluding hydrogens is 258 g/mol. The second-order valence-corrected chi connectivity index (χ2v) is 4.36. The lowest BCUT2D eigenvalue weighted by molar-refractivity contribution is 0.339. The summed E-state index contributed by atoms with van der Waals surface area (Å²) < 4.78 is 10.2. The van der Waals surface area contributed by atoms with E-state index in [9.17, 15) is 5.11 Å². The van der Waals surface area contributed by atoms with Crippen LogP contribution in [0.2, 0.25) is 0 Å². The molecule has 1 aromatic carbocycles. The van der Waals surface area contributed by atoms with Crippen LogP contribution in [0.25, 0.3) is 0 Å². The highest BCUT2D eigenvalue weighted by molar-refractivity contribution is 5.78. The molecule has 0 heterocycles. The van der Waals surface area contributed by atoms with Crippen LogP contribution in [0.3, 0.4) is 0 Å². The van der Waals surface area contributed by atoms with Crippen LogP contribution in [0.4, 0.5) is 0 Å². The van der Waals surface area contributed by atoms with Crippen LogP contribution in [0, 0.1) is 0 Å². The van der Waals surface area contributed by atoms with Crippen molar-refractivity contribution in [2.45, 2.75) is 13.5 Å². The number of guanidine groups is 1. The predicted molar refractivity (Wildman–Crippen MR) is 79.4 cm³/mol. The number of hydrogen-bond acceptors (Lipinski definition) is 4. The maximum absolute atomic E-state index is 9.80. The molecule has 0 amide bonds. The van der Waals surface area contributed by atoms with Gasteiger partial charge in [0.1, 0.15) is 0 Å². The van der Waals surface area contributed by atoms with E-state index in [0.29, 0.717) is 30.5 Å². The minimum absolute atomic E-state index is 0.0314. The van der Waals surface area contributed by atoms with Crippen LogP contribution in [0.1, 0.15) is 12.5 Å². The molecule has 6 heteroatoms. The van der Waals surface area contributed by atoms with E-state index in [1.807, 2.05) is 6.92 Å². The van der Waals surface area contributed by atoms with Crippen molar-refractivity contribution >= 4 is 5.96 Å². The molecule has 0 aliphatic carbocycles. The van der Waals surface area contributed by atoms with E-state index in [0.717, 1.165) is 11.1 Å². The normalized spacial score (nSPS) is 11.1. The van der Waals surface area contributed by atoms with Crippen molar-refractivity contribution in [2.75, 3.05) is 20.8 Å². The summed E-state index contributed by atoms with van der Waals surface area (Å²) in [5.41, 5.74) is 7.51. The second kappa shape index (κ2) is 7.28. The molecule has 0 fully saturated rings. The highest BCUT2D eigenvalue weighted by Gasteiger charge is 2.10. The Balaban J connectivity index is 2.82. The van der Waals surface area contributed by atoms with Gasteiger partial charge in [-0.2, -0.15) is 0 Å². The number of hydrogen-bond donors (Lipinski definition) is 3. The van der Waals surface area contributed by atoms with Crippen LogP contribution >= 0.6 is 0 Å². The summed E-state index contributed by atoms with van der Waals surface area (Å²) in [7, 11) is 2.95. The summed E-state index contributed by atoms with van der Waals surface area (Å²) in [6, 6.07) is 3.38. The highest BCUT2D eigenvalue weighted by Crippen LogP contribution is 2.37. The summed E-state index contributed by atoms with van der Waals surface area (Å²) in [5, 5.41) is 12.7. The van der Waals surface area contributed by atoms with E-state index < -0.39 is 0 Å². The summed E-state index contributed by atoms with van der Waals surface area (Å²) in [6.45, 7) is 6.60. The Kier molecular flexibility index (Phi) is 5.71. The third-order valence-corrected chi connectivity index (χ3v) is 2.54. The Bertz CT molecular complexity index is 487. The Morgan fingerprint density at radius 2 is 1.90 bits per heavy atom. The van der Waals surface area contributed by atoms with Gasteiger partial charge >= 0.3 is 0 Å². The largest absolute Gasteiger partial charge is 0.502 e. The first-order valence-corrected chi connectivity index (χ1v) is 6.10. The Labute approximate surface area is 118 Å². The number of phenolic OH excluding ortho intramolecular Hbond substituents is 1. The number of benzene rings is 1.